The second-order valence-electron chi connectivity index (χ2n) is 6.03. The molecule has 2 rings (SSSR count). The fourth-order valence-electron chi connectivity index (χ4n) is 2.64. The van der Waals surface area contributed by atoms with Gasteiger partial charge in [-0.3, -0.25) is 9.59 Å². The molecule has 0 aliphatic heterocycles. The third-order valence-electron chi connectivity index (χ3n) is 3.81. The monoisotopic (exact) mass is 360 g/mol. The minimum absolute atomic E-state index is 0.134. The van der Waals surface area contributed by atoms with Gasteiger partial charge in [-0.05, 0) is 57.0 Å². The third-order valence-corrected chi connectivity index (χ3v) is 4.04. The Labute approximate surface area is 152 Å². The minimum Gasteiger partial charge on any atom is -0.480 e. The Balaban J connectivity index is 2.18. The molecule has 2 aromatic rings. The maximum atomic E-state index is 12.5. The summed E-state index contributed by atoms with van der Waals surface area (Å²) in [6.07, 6.45) is -0.820. The van der Waals surface area contributed by atoms with Crippen molar-refractivity contribution >= 4 is 29.1 Å². The van der Waals surface area contributed by atoms with E-state index in [1.807, 2.05) is 32.9 Å². The number of hydrogen-bond donors (Lipinski definition) is 2. The molecule has 0 fully saturated rings. The van der Waals surface area contributed by atoms with Crippen LogP contribution in [-0.2, 0) is 4.79 Å². The molecule has 3 N–H and O–H groups in total. The molecule has 0 saturated heterocycles. The lowest BCUT2D eigenvalue weighted by atomic mass is 10.0. The number of hydrogen-bond acceptors (Lipinski definition) is 3. The van der Waals surface area contributed by atoms with Gasteiger partial charge in [-0.2, -0.15) is 0 Å². The highest BCUT2D eigenvalue weighted by Crippen LogP contribution is 2.25. The Morgan fingerprint density at radius 3 is 2.28 bits per heavy atom. The predicted molar refractivity (Wildman–Crippen MR) is 99.3 cm³/mol. The van der Waals surface area contributed by atoms with Crippen molar-refractivity contribution in [2.45, 2.75) is 33.8 Å². The highest BCUT2D eigenvalue weighted by atomic mass is 35.5. The van der Waals surface area contributed by atoms with E-state index in [0.29, 0.717) is 5.02 Å². The van der Waals surface area contributed by atoms with Crippen LogP contribution in [0.25, 0.3) is 0 Å². The average Bonchev–Trinajstić information content (AvgIpc) is 2.51. The van der Waals surface area contributed by atoms with Gasteiger partial charge in [0.05, 0.1) is 5.56 Å². The summed E-state index contributed by atoms with van der Waals surface area (Å²) in [5, 5.41) is 3.24. The lowest BCUT2D eigenvalue weighted by Gasteiger charge is -2.18. The molecule has 0 aromatic heterocycles. The van der Waals surface area contributed by atoms with Crippen molar-refractivity contribution in [1.82, 2.24) is 0 Å². The number of nitrogens with two attached hydrogens (primary N) is 1. The maximum absolute atomic E-state index is 12.5. The van der Waals surface area contributed by atoms with Gasteiger partial charge in [-0.1, -0.05) is 29.3 Å². The molecule has 0 spiro atoms. The molecule has 0 saturated carbocycles. The van der Waals surface area contributed by atoms with Crippen LogP contribution < -0.4 is 15.8 Å². The van der Waals surface area contributed by atoms with E-state index in [1.165, 1.54) is 12.1 Å². The zero-order chi connectivity index (χ0) is 18.7. The first-order valence-electron chi connectivity index (χ1n) is 7.83. The molecule has 5 nitrogen and oxygen atoms in total. The van der Waals surface area contributed by atoms with Crippen molar-refractivity contribution < 1.29 is 14.3 Å². The number of aryl methyl sites for hydroxylation is 3. The molecule has 1 unspecified atom stereocenters. The number of rotatable bonds is 5. The molecule has 2 aromatic carbocycles. The van der Waals surface area contributed by atoms with Crippen LogP contribution in [0.1, 0.15) is 34.0 Å². The molecule has 0 heterocycles. The first-order chi connectivity index (χ1) is 11.7. The van der Waals surface area contributed by atoms with E-state index in [-0.39, 0.29) is 17.2 Å². The quantitative estimate of drug-likeness (QED) is 0.851. The van der Waals surface area contributed by atoms with E-state index in [1.54, 1.807) is 13.0 Å². The lowest BCUT2D eigenvalue weighted by molar-refractivity contribution is -0.122. The zero-order valence-electron chi connectivity index (χ0n) is 14.6. The number of ether oxygens (including phenoxy) is 1. The lowest BCUT2D eigenvalue weighted by Crippen LogP contribution is -2.31. The second kappa shape index (κ2) is 7.57. The van der Waals surface area contributed by atoms with Crippen LogP contribution in [0.2, 0.25) is 5.02 Å². The molecule has 0 aliphatic carbocycles. The highest BCUT2D eigenvalue weighted by Gasteiger charge is 2.20. The van der Waals surface area contributed by atoms with E-state index >= 15 is 0 Å². The molecule has 132 valence electrons. The Morgan fingerprint density at radius 1 is 1.12 bits per heavy atom. The van der Waals surface area contributed by atoms with Crippen molar-refractivity contribution in [3.05, 3.63) is 57.6 Å². The largest absolute Gasteiger partial charge is 0.480 e. The maximum Gasteiger partial charge on any atom is 0.265 e. The van der Waals surface area contributed by atoms with Gasteiger partial charge in [-0.15, -0.1) is 0 Å². The minimum atomic E-state index is -0.820. The van der Waals surface area contributed by atoms with Gasteiger partial charge in [0.2, 0.25) is 0 Å². The third kappa shape index (κ3) is 4.51. The number of carbonyl (C=O) groups excluding carboxylic acids is 2. The van der Waals surface area contributed by atoms with E-state index in [4.69, 9.17) is 22.1 Å². The summed E-state index contributed by atoms with van der Waals surface area (Å²) < 4.78 is 5.63. The van der Waals surface area contributed by atoms with E-state index < -0.39 is 12.0 Å². The number of nitrogens with one attached hydrogen (secondary N) is 1. The van der Waals surface area contributed by atoms with E-state index in [0.717, 1.165) is 22.4 Å². The van der Waals surface area contributed by atoms with Gasteiger partial charge in [0.15, 0.2) is 6.10 Å². The van der Waals surface area contributed by atoms with Crippen LogP contribution in [0.5, 0.6) is 5.75 Å². The van der Waals surface area contributed by atoms with Gasteiger partial charge in [0, 0.05) is 10.7 Å². The first-order valence-corrected chi connectivity index (χ1v) is 8.21. The molecule has 2 amide bonds. The van der Waals surface area contributed by atoms with E-state index in [9.17, 15) is 9.59 Å². The fourth-order valence-corrected chi connectivity index (χ4v) is 2.82. The molecule has 1 atom stereocenters. The van der Waals surface area contributed by atoms with Crippen LogP contribution in [-0.4, -0.2) is 17.9 Å². The van der Waals surface area contributed by atoms with Crippen LogP contribution in [0.15, 0.2) is 30.3 Å². The van der Waals surface area contributed by atoms with Crippen LogP contribution in [0, 0.1) is 20.8 Å². The Kier molecular flexibility index (Phi) is 5.69. The summed E-state index contributed by atoms with van der Waals surface area (Å²) in [4.78, 5) is 24.0. The van der Waals surface area contributed by atoms with Crippen molar-refractivity contribution in [2.24, 2.45) is 5.73 Å². The Bertz CT molecular complexity index is 810. The summed E-state index contributed by atoms with van der Waals surface area (Å²) in [6.45, 7) is 7.48. The SMILES string of the molecule is Cc1cc(C)c(NC(=O)C(C)Oc2ccc(Cl)cc2C(N)=O)c(C)c1. The van der Waals surface area contributed by atoms with Crippen molar-refractivity contribution in [3.63, 3.8) is 0 Å². The van der Waals surface area contributed by atoms with Gasteiger partial charge >= 0.3 is 0 Å². The summed E-state index contributed by atoms with van der Waals surface area (Å²) in [6, 6.07) is 8.51. The van der Waals surface area contributed by atoms with Gasteiger partial charge in [-0.25, -0.2) is 0 Å². The standard InChI is InChI=1S/C19H21ClN2O3/c1-10-7-11(2)17(12(3)8-10)22-19(24)13(4)25-16-6-5-14(20)9-15(16)18(21)23/h5-9,13H,1-4H3,(H2,21,23)(H,22,24). The van der Waals surface area contributed by atoms with Crippen LogP contribution >= 0.6 is 11.6 Å². The molecular formula is C19H21ClN2O3. The molecule has 0 aliphatic rings. The number of anilines is 1. The van der Waals surface area contributed by atoms with Crippen molar-refractivity contribution in [3.8, 4) is 5.75 Å². The molecule has 25 heavy (non-hydrogen) atoms. The molecular weight excluding hydrogens is 340 g/mol. The summed E-state index contributed by atoms with van der Waals surface area (Å²) in [5.41, 5.74) is 9.31. The Morgan fingerprint density at radius 2 is 1.72 bits per heavy atom. The fraction of sp³-hybridized carbons (Fsp3) is 0.263. The highest BCUT2D eigenvalue weighted by molar-refractivity contribution is 6.31. The average molecular weight is 361 g/mol. The van der Waals surface area contributed by atoms with Crippen molar-refractivity contribution in [2.75, 3.05) is 5.32 Å². The summed E-state index contributed by atoms with van der Waals surface area (Å²) in [5.74, 6) is -0.771. The second-order valence-corrected chi connectivity index (χ2v) is 6.46. The number of carbonyl (C=O) groups is 2. The smallest absolute Gasteiger partial charge is 0.265 e. The number of halogens is 1. The first kappa shape index (κ1) is 18.8. The number of primary amides is 1. The normalized spacial score (nSPS) is 11.7. The Hall–Kier alpha value is -2.53. The van der Waals surface area contributed by atoms with Gasteiger partial charge in [0.1, 0.15) is 5.75 Å². The summed E-state index contributed by atoms with van der Waals surface area (Å²) >= 11 is 5.87. The van der Waals surface area contributed by atoms with Gasteiger partial charge < -0.3 is 15.8 Å². The topological polar surface area (TPSA) is 81.4 Å². The number of benzene rings is 2. The number of amides is 2. The van der Waals surface area contributed by atoms with Crippen molar-refractivity contribution in [1.29, 1.82) is 0 Å². The van der Waals surface area contributed by atoms with E-state index in [2.05, 4.69) is 5.32 Å². The van der Waals surface area contributed by atoms with Gasteiger partial charge in [0.25, 0.3) is 11.8 Å². The van der Waals surface area contributed by atoms with Crippen LogP contribution in [0.4, 0.5) is 5.69 Å². The molecule has 0 bridgehead atoms. The van der Waals surface area contributed by atoms with Crippen LogP contribution in [0.3, 0.4) is 0 Å². The zero-order valence-corrected chi connectivity index (χ0v) is 15.4. The predicted octanol–water partition coefficient (Wildman–Crippen LogP) is 3.77. The summed E-state index contributed by atoms with van der Waals surface area (Å²) in [7, 11) is 0. The molecule has 6 heteroatoms. The molecule has 0 radical (unpaired) electrons.